The highest BCUT2D eigenvalue weighted by Crippen LogP contribution is 2.34. The Balaban J connectivity index is 1.49. The molecule has 2 N–H and O–H groups in total. The van der Waals surface area contributed by atoms with Crippen LogP contribution in [0.15, 0.2) is 58.5 Å². The molecular formula is C24H24FN5O3S. The first kappa shape index (κ1) is 23.6. The summed E-state index contributed by atoms with van der Waals surface area (Å²) in [5.74, 6) is -1.24. The lowest BCUT2D eigenvalue weighted by atomic mass is 10.1. The van der Waals surface area contributed by atoms with Crippen LogP contribution in [0.1, 0.15) is 31.7 Å². The number of anilines is 1. The molecular weight excluding hydrogens is 457 g/mol. The van der Waals surface area contributed by atoms with Gasteiger partial charge in [-0.25, -0.2) is 14.3 Å². The number of thioether (sulfide) groups is 1. The highest BCUT2D eigenvalue weighted by Gasteiger charge is 2.42. The fourth-order valence-electron chi connectivity index (χ4n) is 3.56. The van der Waals surface area contributed by atoms with Gasteiger partial charge in [0.1, 0.15) is 17.7 Å². The Morgan fingerprint density at radius 3 is 2.68 bits per heavy atom. The average Bonchev–Trinajstić information content (AvgIpc) is 3.15. The van der Waals surface area contributed by atoms with Crippen molar-refractivity contribution in [3.63, 3.8) is 0 Å². The highest BCUT2D eigenvalue weighted by molar-refractivity contribution is 8.14. The molecule has 4 rings (SSSR count). The van der Waals surface area contributed by atoms with Gasteiger partial charge in [0.05, 0.1) is 23.5 Å². The van der Waals surface area contributed by atoms with Gasteiger partial charge in [0.25, 0.3) is 5.91 Å². The largest absolute Gasteiger partial charge is 0.356 e. The number of carbonyl (C=O) groups excluding carboxylic acids is 3. The van der Waals surface area contributed by atoms with Gasteiger partial charge in [-0.2, -0.15) is 0 Å². The van der Waals surface area contributed by atoms with Gasteiger partial charge < -0.3 is 10.6 Å². The molecule has 0 saturated carbocycles. The van der Waals surface area contributed by atoms with Crippen LogP contribution >= 0.6 is 11.8 Å². The van der Waals surface area contributed by atoms with Crippen molar-refractivity contribution in [1.29, 1.82) is 0 Å². The number of para-hydroxylation sites is 2. The van der Waals surface area contributed by atoms with Crippen LogP contribution in [0.25, 0.3) is 0 Å². The van der Waals surface area contributed by atoms with Gasteiger partial charge in [0, 0.05) is 12.1 Å². The van der Waals surface area contributed by atoms with Gasteiger partial charge in [0.15, 0.2) is 5.17 Å². The summed E-state index contributed by atoms with van der Waals surface area (Å²) < 4.78 is 13.8. The number of amides is 3. The second-order valence-electron chi connectivity index (χ2n) is 7.78. The van der Waals surface area contributed by atoms with Crippen molar-refractivity contribution in [1.82, 2.24) is 10.2 Å². The van der Waals surface area contributed by atoms with Gasteiger partial charge in [0.2, 0.25) is 11.8 Å². The van der Waals surface area contributed by atoms with E-state index < -0.39 is 17.8 Å². The number of unbranched alkanes of at least 4 members (excludes halogenated alkanes) is 1. The number of nitrogens with zero attached hydrogens (tertiary/aromatic N) is 3. The normalized spacial score (nSPS) is 16.4. The smallest absolute Gasteiger partial charge is 0.259 e. The van der Waals surface area contributed by atoms with E-state index in [4.69, 9.17) is 0 Å². The zero-order valence-corrected chi connectivity index (χ0v) is 19.4. The van der Waals surface area contributed by atoms with E-state index in [-0.39, 0.29) is 29.7 Å². The van der Waals surface area contributed by atoms with E-state index >= 15 is 0 Å². The van der Waals surface area contributed by atoms with Crippen LogP contribution in [0.2, 0.25) is 0 Å². The molecule has 0 bridgehead atoms. The molecule has 2 aromatic rings. The molecule has 2 aromatic carbocycles. The van der Waals surface area contributed by atoms with Crippen molar-refractivity contribution in [2.24, 2.45) is 9.98 Å². The minimum absolute atomic E-state index is 0.0591. The Morgan fingerprint density at radius 2 is 1.88 bits per heavy atom. The van der Waals surface area contributed by atoms with Crippen LogP contribution in [0, 0.1) is 5.82 Å². The number of hydrogen-bond acceptors (Lipinski definition) is 6. The number of rotatable bonds is 8. The third-order valence-electron chi connectivity index (χ3n) is 5.26. The standard InChI is InChI=1S/C24H24FN5O3S/c1-2-3-12-26-20(31)13-19-23(33)30-22(28-19)15-8-4-6-10-17(15)29-24(30)34-14-21(32)27-18-11-7-5-9-16(18)25/h4-11,19H,2-3,12-14H2,1H3,(H,26,31)(H,27,32). The topological polar surface area (TPSA) is 103 Å². The fourth-order valence-corrected chi connectivity index (χ4v) is 4.36. The van der Waals surface area contributed by atoms with Crippen LogP contribution in [0.3, 0.4) is 0 Å². The molecule has 0 saturated heterocycles. The van der Waals surface area contributed by atoms with Crippen molar-refractivity contribution in [2.45, 2.75) is 32.2 Å². The number of hydrogen-bond donors (Lipinski definition) is 2. The Kier molecular flexibility index (Phi) is 7.36. The zero-order chi connectivity index (χ0) is 24.1. The van der Waals surface area contributed by atoms with Crippen LogP contribution in [0.5, 0.6) is 0 Å². The van der Waals surface area contributed by atoms with Gasteiger partial charge >= 0.3 is 0 Å². The summed E-state index contributed by atoms with van der Waals surface area (Å²) in [7, 11) is 0. The summed E-state index contributed by atoms with van der Waals surface area (Å²) >= 11 is 1.05. The first-order chi connectivity index (χ1) is 16.5. The maximum absolute atomic E-state index is 13.8. The van der Waals surface area contributed by atoms with E-state index in [1.807, 2.05) is 25.1 Å². The molecule has 1 atom stereocenters. The molecule has 34 heavy (non-hydrogen) atoms. The maximum atomic E-state index is 13.8. The molecule has 0 aliphatic carbocycles. The summed E-state index contributed by atoms with van der Waals surface area (Å²) in [6.45, 7) is 2.59. The lowest BCUT2D eigenvalue weighted by Crippen LogP contribution is -2.42. The molecule has 2 aliphatic heterocycles. The summed E-state index contributed by atoms with van der Waals surface area (Å²) in [6, 6.07) is 12.3. The van der Waals surface area contributed by atoms with E-state index in [0.717, 1.165) is 24.6 Å². The third-order valence-corrected chi connectivity index (χ3v) is 6.20. The molecule has 3 amide bonds. The van der Waals surface area contributed by atoms with Crippen LogP contribution in [-0.4, -0.2) is 52.0 Å². The predicted octanol–water partition coefficient (Wildman–Crippen LogP) is 3.46. The molecule has 0 fully saturated rings. The van der Waals surface area contributed by atoms with Crippen molar-refractivity contribution in [3.05, 3.63) is 59.9 Å². The molecule has 0 aromatic heterocycles. The van der Waals surface area contributed by atoms with Gasteiger partial charge in [-0.15, -0.1) is 0 Å². The minimum Gasteiger partial charge on any atom is -0.356 e. The lowest BCUT2D eigenvalue weighted by molar-refractivity contribution is -0.128. The molecule has 1 unspecified atom stereocenters. The van der Waals surface area contributed by atoms with Crippen LogP contribution in [0.4, 0.5) is 15.8 Å². The molecule has 0 spiro atoms. The molecule has 2 aliphatic rings. The first-order valence-corrected chi connectivity index (χ1v) is 12.0. The van der Waals surface area contributed by atoms with E-state index in [2.05, 4.69) is 20.6 Å². The average molecular weight is 482 g/mol. The second-order valence-corrected chi connectivity index (χ2v) is 8.72. The maximum Gasteiger partial charge on any atom is 0.259 e. The van der Waals surface area contributed by atoms with Crippen LogP contribution in [-0.2, 0) is 14.4 Å². The van der Waals surface area contributed by atoms with Crippen molar-refractivity contribution in [2.75, 3.05) is 17.6 Å². The van der Waals surface area contributed by atoms with Gasteiger partial charge in [-0.1, -0.05) is 49.4 Å². The van der Waals surface area contributed by atoms with Gasteiger partial charge in [-0.05, 0) is 30.7 Å². The number of fused-ring (bicyclic) bond motifs is 3. The Bertz CT molecular complexity index is 1180. The number of nitrogens with one attached hydrogen (secondary N) is 2. The van der Waals surface area contributed by atoms with Crippen molar-refractivity contribution >= 4 is 51.9 Å². The zero-order valence-electron chi connectivity index (χ0n) is 18.6. The van der Waals surface area contributed by atoms with Crippen molar-refractivity contribution < 1.29 is 18.8 Å². The summed E-state index contributed by atoms with van der Waals surface area (Å²) in [5.41, 5.74) is 1.39. The summed E-state index contributed by atoms with van der Waals surface area (Å²) in [4.78, 5) is 48.4. The molecule has 176 valence electrons. The van der Waals surface area contributed by atoms with E-state index in [9.17, 15) is 18.8 Å². The molecule has 10 heteroatoms. The van der Waals surface area contributed by atoms with Crippen molar-refractivity contribution in [3.8, 4) is 0 Å². The number of amidine groups is 2. The third kappa shape index (κ3) is 5.17. The minimum atomic E-state index is -0.860. The number of benzene rings is 2. The van der Waals surface area contributed by atoms with Crippen LogP contribution < -0.4 is 10.6 Å². The number of halogens is 1. The van der Waals surface area contributed by atoms with E-state index in [1.165, 1.54) is 23.1 Å². The van der Waals surface area contributed by atoms with E-state index in [0.29, 0.717) is 28.8 Å². The molecule has 0 radical (unpaired) electrons. The Labute approximate surface area is 200 Å². The number of aliphatic imine (C=N–C) groups is 2. The number of carbonyl (C=O) groups is 3. The second kappa shape index (κ2) is 10.6. The lowest BCUT2D eigenvalue weighted by Gasteiger charge is -2.25. The first-order valence-electron chi connectivity index (χ1n) is 11.0. The molecule has 8 nitrogen and oxygen atoms in total. The van der Waals surface area contributed by atoms with E-state index in [1.54, 1.807) is 12.1 Å². The monoisotopic (exact) mass is 481 g/mol. The summed E-state index contributed by atoms with van der Waals surface area (Å²) in [5, 5.41) is 5.63. The SMILES string of the molecule is CCCCNC(=O)CC1N=C2c3ccccc3N=C(SCC(=O)Nc3ccccc3F)N2C1=O. The highest BCUT2D eigenvalue weighted by atomic mass is 32.2. The summed E-state index contributed by atoms with van der Waals surface area (Å²) in [6.07, 6.45) is 1.76. The van der Waals surface area contributed by atoms with Gasteiger partial charge in [-0.3, -0.25) is 19.4 Å². The Hall–Kier alpha value is -3.53. The predicted molar refractivity (Wildman–Crippen MR) is 131 cm³/mol. The molecule has 2 heterocycles. The Morgan fingerprint density at radius 1 is 1.12 bits per heavy atom. The quantitative estimate of drug-likeness (QED) is 0.564. The fraction of sp³-hybridized carbons (Fsp3) is 0.292.